The molecule has 0 fully saturated rings. The highest BCUT2D eigenvalue weighted by Gasteiger charge is 2.21. The molecule has 9 nitrogen and oxygen atoms in total. The molecule has 1 aromatic rings. The van der Waals surface area contributed by atoms with E-state index in [0.29, 0.717) is 0 Å². The van der Waals surface area contributed by atoms with Crippen molar-refractivity contribution < 1.29 is 26.7 Å². The van der Waals surface area contributed by atoms with Crippen LogP contribution in [0.15, 0.2) is 34.2 Å². The summed E-state index contributed by atoms with van der Waals surface area (Å²) in [4.78, 5) is 14.6. The summed E-state index contributed by atoms with van der Waals surface area (Å²) < 4.78 is 48.4. The van der Waals surface area contributed by atoms with Crippen molar-refractivity contribution in [3.63, 3.8) is 0 Å². The molecular formula is C13H19N3O6S2. The smallest absolute Gasteiger partial charge is 0.328 e. The van der Waals surface area contributed by atoms with Crippen molar-refractivity contribution >= 4 is 31.8 Å². The van der Waals surface area contributed by atoms with E-state index >= 15 is 0 Å². The number of carbonyl (C=O) groups is 1. The molecule has 0 aliphatic heterocycles. The Bertz CT molecular complexity index is 829. The molecule has 11 heteroatoms. The lowest BCUT2D eigenvalue weighted by atomic mass is 10.2. The first-order chi connectivity index (χ1) is 10.9. The monoisotopic (exact) mass is 377 g/mol. The van der Waals surface area contributed by atoms with E-state index in [0.717, 1.165) is 11.8 Å². The predicted octanol–water partition coefficient (Wildman–Crippen LogP) is -0.524. The Kier molecular flexibility index (Phi) is 6.32. The average molecular weight is 377 g/mol. The summed E-state index contributed by atoms with van der Waals surface area (Å²) in [6.45, 7) is 1.79. The van der Waals surface area contributed by atoms with Crippen LogP contribution >= 0.6 is 0 Å². The number of carboxylic acids is 1. The molecule has 0 bridgehead atoms. The van der Waals surface area contributed by atoms with E-state index in [-0.39, 0.29) is 11.3 Å². The molecule has 0 amide bonds. The summed E-state index contributed by atoms with van der Waals surface area (Å²) in [7, 11) is -7.39. The largest absolute Gasteiger partial charge is 0.480 e. The second kappa shape index (κ2) is 7.62. The van der Waals surface area contributed by atoms with Crippen LogP contribution in [-0.4, -0.2) is 51.9 Å². The minimum absolute atomic E-state index is 0.0609. The van der Waals surface area contributed by atoms with Crippen LogP contribution in [0.25, 0.3) is 0 Å². The number of aliphatic imine (C=N–C) groups is 1. The maximum atomic E-state index is 12.1. The van der Waals surface area contributed by atoms with Crippen LogP contribution in [0.3, 0.4) is 0 Å². The number of nitrogens with two attached hydrogens (primary N) is 1. The van der Waals surface area contributed by atoms with Gasteiger partial charge in [-0.2, -0.15) is 0 Å². The van der Waals surface area contributed by atoms with Crippen molar-refractivity contribution in [2.24, 2.45) is 10.7 Å². The minimum atomic E-state index is -4.01. The quantitative estimate of drug-likeness (QED) is 0.426. The maximum Gasteiger partial charge on any atom is 0.328 e. The fourth-order valence-corrected chi connectivity index (χ4v) is 3.27. The highest BCUT2D eigenvalue weighted by atomic mass is 32.2. The number of hydrogen-bond acceptors (Lipinski definition) is 6. The highest BCUT2D eigenvalue weighted by molar-refractivity contribution is 7.90. The summed E-state index contributed by atoms with van der Waals surface area (Å²) in [6.07, 6.45) is 0.639. The van der Waals surface area contributed by atoms with Gasteiger partial charge in [-0.15, -0.1) is 0 Å². The molecule has 1 atom stereocenters. The molecule has 0 aliphatic carbocycles. The molecular weight excluding hydrogens is 358 g/mol. The first-order valence-electron chi connectivity index (χ1n) is 6.74. The number of aryl methyl sites for hydroxylation is 1. The van der Waals surface area contributed by atoms with E-state index in [9.17, 15) is 21.6 Å². The van der Waals surface area contributed by atoms with E-state index in [4.69, 9.17) is 10.8 Å². The molecule has 24 heavy (non-hydrogen) atoms. The Hall–Kier alpha value is -2.14. The third-order valence-corrected chi connectivity index (χ3v) is 5.26. The summed E-state index contributed by atoms with van der Waals surface area (Å²) >= 11 is 0. The van der Waals surface area contributed by atoms with Gasteiger partial charge < -0.3 is 10.8 Å². The number of carboxylic acid groups (broad SMARTS) is 1. The van der Waals surface area contributed by atoms with E-state index in [1.54, 1.807) is 19.1 Å². The van der Waals surface area contributed by atoms with Crippen molar-refractivity contribution in [1.29, 1.82) is 0 Å². The lowest BCUT2D eigenvalue weighted by molar-refractivity contribution is -0.138. The van der Waals surface area contributed by atoms with Gasteiger partial charge in [-0.3, -0.25) is 0 Å². The van der Waals surface area contributed by atoms with Crippen LogP contribution in [0.4, 0.5) is 0 Å². The zero-order valence-corrected chi connectivity index (χ0v) is 14.8. The van der Waals surface area contributed by atoms with Crippen molar-refractivity contribution in [1.82, 2.24) is 4.72 Å². The third kappa shape index (κ3) is 6.54. The summed E-state index contributed by atoms with van der Waals surface area (Å²) in [5.74, 6) is -2.45. The van der Waals surface area contributed by atoms with Gasteiger partial charge in [0.25, 0.3) is 10.0 Å². The molecule has 1 rings (SSSR count). The maximum absolute atomic E-state index is 12.1. The van der Waals surface area contributed by atoms with Crippen molar-refractivity contribution in [2.45, 2.75) is 24.3 Å². The van der Waals surface area contributed by atoms with Gasteiger partial charge in [0.15, 0.2) is 6.04 Å². The van der Waals surface area contributed by atoms with E-state index in [1.807, 2.05) is 4.72 Å². The van der Waals surface area contributed by atoms with Gasteiger partial charge in [0.05, 0.1) is 10.6 Å². The van der Waals surface area contributed by atoms with Crippen molar-refractivity contribution in [2.75, 3.05) is 12.0 Å². The van der Waals surface area contributed by atoms with Gasteiger partial charge in [0, 0.05) is 6.26 Å². The number of nitrogens with zero attached hydrogens (tertiary/aromatic N) is 1. The number of sulfone groups is 1. The molecule has 0 aliphatic rings. The zero-order valence-electron chi connectivity index (χ0n) is 13.1. The minimum Gasteiger partial charge on any atom is -0.480 e. The van der Waals surface area contributed by atoms with Gasteiger partial charge in [0.1, 0.15) is 9.84 Å². The molecule has 0 unspecified atom stereocenters. The second-order valence-corrected chi connectivity index (χ2v) is 9.15. The number of aliphatic carboxylic acids is 1. The van der Waals surface area contributed by atoms with E-state index < -0.39 is 43.6 Å². The van der Waals surface area contributed by atoms with Gasteiger partial charge >= 0.3 is 5.97 Å². The summed E-state index contributed by atoms with van der Waals surface area (Å²) in [6, 6.07) is 4.44. The van der Waals surface area contributed by atoms with Crippen molar-refractivity contribution in [3.05, 3.63) is 29.8 Å². The molecule has 4 N–H and O–H groups in total. The first kappa shape index (κ1) is 19.9. The first-order valence-corrected chi connectivity index (χ1v) is 10.3. The highest BCUT2D eigenvalue weighted by Crippen LogP contribution is 2.10. The Labute approximate surface area is 140 Å². The van der Waals surface area contributed by atoms with E-state index in [2.05, 4.69) is 4.99 Å². The zero-order chi connectivity index (χ0) is 18.5. The molecule has 0 aromatic heterocycles. The topological polar surface area (TPSA) is 156 Å². The van der Waals surface area contributed by atoms with Gasteiger partial charge in [-0.05, 0) is 25.5 Å². The SMILES string of the molecule is Cc1ccc(S(=O)(=O)NC(N)=N[C@@H](CCS(C)(=O)=O)C(=O)O)cc1. The number of nitrogens with one attached hydrogen (secondary N) is 1. The molecule has 1 aromatic carbocycles. The molecule has 0 saturated carbocycles. The Balaban J connectivity index is 2.93. The van der Waals surface area contributed by atoms with E-state index in [1.165, 1.54) is 12.1 Å². The fourth-order valence-electron chi connectivity index (χ4n) is 1.68. The number of guanidine groups is 1. The summed E-state index contributed by atoms with van der Waals surface area (Å²) in [5.41, 5.74) is 6.32. The molecule has 0 radical (unpaired) electrons. The number of rotatable bonds is 7. The normalized spacial score (nSPS) is 14.2. The van der Waals surface area contributed by atoms with Crippen LogP contribution in [-0.2, 0) is 24.7 Å². The van der Waals surface area contributed by atoms with Crippen LogP contribution in [0.1, 0.15) is 12.0 Å². The average Bonchev–Trinajstić information content (AvgIpc) is 2.42. The Morgan fingerprint density at radius 1 is 1.25 bits per heavy atom. The van der Waals surface area contributed by atoms with Crippen LogP contribution in [0.5, 0.6) is 0 Å². The predicted molar refractivity (Wildman–Crippen MR) is 88.9 cm³/mol. The molecule has 134 valence electrons. The number of benzene rings is 1. The lowest BCUT2D eigenvalue weighted by Crippen LogP contribution is -2.39. The Morgan fingerprint density at radius 3 is 2.25 bits per heavy atom. The van der Waals surface area contributed by atoms with Gasteiger partial charge in [-0.25, -0.2) is 31.3 Å². The summed E-state index contributed by atoms with van der Waals surface area (Å²) in [5, 5.41) is 9.03. The van der Waals surface area contributed by atoms with Crippen molar-refractivity contribution in [3.8, 4) is 0 Å². The van der Waals surface area contributed by atoms with Gasteiger partial charge in [-0.1, -0.05) is 17.7 Å². The Morgan fingerprint density at radius 2 is 1.79 bits per heavy atom. The third-order valence-electron chi connectivity index (χ3n) is 2.91. The second-order valence-electron chi connectivity index (χ2n) is 5.21. The van der Waals surface area contributed by atoms with Crippen LogP contribution in [0.2, 0.25) is 0 Å². The van der Waals surface area contributed by atoms with Crippen LogP contribution in [0, 0.1) is 6.92 Å². The molecule has 0 heterocycles. The standard InChI is InChI=1S/C13H19N3O6S2/c1-9-3-5-10(6-4-9)24(21,22)16-13(14)15-11(12(17)18)7-8-23(2,19)20/h3-6,11H,7-8H2,1-2H3,(H,17,18)(H3,14,15,16)/t11-/m0/s1. The number of hydrogen-bond donors (Lipinski definition) is 3. The van der Waals surface area contributed by atoms with Gasteiger partial charge in [0.2, 0.25) is 5.96 Å². The molecule has 0 spiro atoms. The molecule has 0 saturated heterocycles. The van der Waals surface area contributed by atoms with Crippen LogP contribution < -0.4 is 10.5 Å². The number of sulfonamides is 1. The fraction of sp³-hybridized carbons (Fsp3) is 0.385. The lowest BCUT2D eigenvalue weighted by Gasteiger charge is -2.11.